The van der Waals surface area contributed by atoms with Crippen molar-refractivity contribution in [3.63, 3.8) is 0 Å². The van der Waals surface area contributed by atoms with Crippen LogP contribution in [-0.2, 0) is 0 Å². The molecule has 3 rings (SSSR count). The molecular formula is C19H17Cl2N3O3. The number of carbonyl (C=O) groups is 3. The number of urea groups is 1. The SMILES string of the molecule is CC(C)CN1C(=O)c2ccc(NC(=O)Nc3ccc(Cl)cc3Cl)cc2C1=O. The van der Waals surface area contributed by atoms with Crippen molar-refractivity contribution >= 4 is 52.4 Å². The average Bonchev–Trinajstić information content (AvgIpc) is 2.82. The lowest BCUT2D eigenvalue weighted by Gasteiger charge is -2.15. The molecule has 8 heteroatoms. The summed E-state index contributed by atoms with van der Waals surface area (Å²) >= 11 is 11.9. The van der Waals surface area contributed by atoms with E-state index in [9.17, 15) is 14.4 Å². The quantitative estimate of drug-likeness (QED) is 0.710. The van der Waals surface area contributed by atoms with Gasteiger partial charge >= 0.3 is 6.03 Å². The third-order valence-electron chi connectivity index (χ3n) is 3.96. The summed E-state index contributed by atoms with van der Waals surface area (Å²) in [7, 11) is 0. The van der Waals surface area contributed by atoms with Crippen LogP contribution in [-0.4, -0.2) is 29.3 Å². The van der Waals surface area contributed by atoms with Gasteiger partial charge in [0.2, 0.25) is 0 Å². The van der Waals surface area contributed by atoms with Gasteiger partial charge in [0.1, 0.15) is 0 Å². The molecule has 1 aliphatic rings. The maximum atomic E-state index is 12.5. The Morgan fingerprint density at radius 1 is 1.00 bits per heavy atom. The highest BCUT2D eigenvalue weighted by Gasteiger charge is 2.35. The smallest absolute Gasteiger partial charge is 0.308 e. The minimum Gasteiger partial charge on any atom is -0.308 e. The second-order valence-electron chi connectivity index (χ2n) is 6.58. The van der Waals surface area contributed by atoms with Crippen LogP contribution in [0.4, 0.5) is 16.2 Å². The number of nitrogens with one attached hydrogen (secondary N) is 2. The highest BCUT2D eigenvalue weighted by molar-refractivity contribution is 6.36. The molecule has 2 N–H and O–H groups in total. The standard InChI is InChI=1S/C19H17Cl2N3O3/c1-10(2)9-24-17(25)13-5-4-12(8-14(13)18(24)26)22-19(27)23-16-6-3-11(20)7-15(16)21/h3-8,10H,9H2,1-2H3,(H2,22,23,27). The molecule has 4 amide bonds. The van der Waals surface area contributed by atoms with E-state index < -0.39 is 6.03 Å². The number of rotatable bonds is 4. The summed E-state index contributed by atoms with van der Waals surface area (Å²) in [6.07, 6.45) is 0. The lowest BCUT2D eigenvalue weighted by Crippen LogP contribution is -2.33. The summed E-state index contributed by atoms with van der Waals surface area (Å²) in [5, 5.41) is 5.99. The Bertz CT molecular complexity index is 944. The Kier molecular flexibility index (Phi) is 5.39. The maximum Gasteiger partial charge on any atom is 0.323 e. The van der Waals surface area contributed by atoms with Crippen molar-refractivity contribution in [1.82, 2.24) is 4.90 Å². The van der Waals surface area contributed by atoms with Gasteiger partial charge in [0.25, 0.3) is 11.8 Å². The van der Waals surface area contributed by atoms with Crippen molar-refractivity contribution in [1.29, 1.82) is 0 Å². The molecular weight excluding hydrogens is 389 g/mol. The molecule has 2 aromatic rings. The van der Waals surface area contributed by atoms with E-state index in [0.717, 1.165) is 0 Å². The van der Waals surface area contributed by atoms with Crippen LogP contribution in [0.1, 0.15) is 34.6 Å². The van der Waals surface area contributed by atoms with Crippen molar-refractivity contribution in [2.24, 2.45) is 5.92 Å². The van der Waals surface area contributed by atoms with Gasteiger partial charge in [-0.2, -0.15) is 0 Å². The maximum absolute atomic E-state index is 12.5. The van der Waals surface area contributed by atoms with E-state index in [0.29, 0.717) is 33.5 Å². The lowest BCUT2D eigenvalue weighted by atomic mass is 10.1. The van der Waals surface area contributed by atoms with Crippen LogP contribution >= 0.6 is 23.2 Å². The Morgan fingerprint density at radius 2 is 1.70 bits per heavy atom. The molecule has 2 aromatic carbocycles. The highest BCUT2D eigenvalue weighted by atomic mass is 35.5. The van der Waals surface area contributed by atoms with E-state index >= 15 is 0 Å². The minimum absolute atomic E-state index is 0.166. The van der Waals surface area contributed by atoms with E-state index in [1.54, 1.807) is 24.3 Å². The molecule has 6 nitrogen and oxygen atoms in total. The van der Waals surface area contributed by atoms with Crippen molar-refractivity contribution in [2.75, 3.05) is 17.2 Å². The summed E-state index contributed by atoms with van der Waals surface area (Å²) in [6.45, 7) is 4.22. The van der Waals surface area contributed by atoms with Crippen LogP contribution in [0.15, 0.2) is 36.4 Å². The van der Waals surface area contributed by atoms with Gasteiger partial charge in [-0.25, -0.2) is 4.79 Å². The Labute approximate surface area is 166 Å². The van der Waals surface area contributed by atoms with Crippen LogP contribution in [0.3, 0.4) is 0 Å². The van der Waals surface area contributed by atoms with E-state index in [1.807, 2.05) is 13.8 Å². The van der Waals surface area contributed by atoms with E-state index in [-0.39, 0.29) is 23.3 Å². The predicted octanol–water partition coefficient (Wildman–Crippen LogP) is 4.89. The summed E-state index contributed by atoms with van der Waals surface area (Å²) in [6, 6.07) is 8.79. The Balaban J connectivity index is 1.75. The van der Waals surface area contributed by atoms with Gasteiger partial charge in [-0.05, 0) is 42.3 Å². The molecule has 0 aromatic heterocycles. The summed E-state index contributed by atoms with van der Waals surface area (Å²) in [4.78, 5) is 38.3. The van der Waals surface area contributed by atoms with Crippen molar-refractivity contribution in [3.8, 4) is 0 Å². The van der Waals surface area contributed by atoms with Crippen LogP contribution in [0, 0.1) is 5.92 Å². The van der Waals surface area contributed by atoms with Gasteiger partial charge in [-0.15, -0.1) is 0 Å². The summed E-state index contributed by atoms with van der Waals surface area (Å²) in [5.74, 6) is -0.499. The predicted molar refractivity (Wildman–Crippen MR) is 106 cm³/mol. The molecule has 27 heavy (non-hydrogen) atoms. The van der Waals surface area contributed by atoms with Crippen molar-refractivity contribution in [2.45, 2.75) is 13.8 Å². The molecule has 0 bridgehead atoms. The number of fused-ring (bicyclic) bond motifs is 1. The zero-order valence-corrected chi connectivity index (χ0v) is 16.2. The normalized spacial score (nSPS) is 13.1. The van der Waals surface area contributed by atoms with E-state index in [2.05, 4.69) is 10.6 Å². The third kappa shape index (κ3) is 4.07. The van der Waals surface area contributed by atoms with Crippen LogP contribution in [0.25, 0.3) is 0 Å². The monoisotopic (exact) mass is 405 g/mol. The fourth-order valence-corrected chi connectivity index (χ4v) is 3.23. The molecule has 1 heterocycles. The summed E-state index contributed by atoms with van der Waals surface area (Å²) < 4.78 is 0. The first-order chi connectivity index (χ1) is 12.8. The van der Waals surface area contributed by atoms with Gasteiger partial charge in [-0.3, -0.25) is 14.5 Å². The number of imide groups is 1. The first-order valence-corrected chi connectivity index (χ1v) is 9.05. The second-order valence-corrected chi connectivity index (χ2v) is 7.42. The molecule has 1 aliphatic heterocycles. The number of carbonyl (C=O) groups excluding carboxylic acids is 3. The Hall–Kier alpha value is -2.57. The molecule has 140 valence electrons. The average molecular weight is 406 g/mol. The minimum atomic E-state index is -0.532. The molecule has 0 fully saturated rings. The number of nitrogens with zero attached hydrogens (tertiary/aromatic N) is 1. The van der Waals surface area contributed by atoms with Crippen molar-refractivity contribution < 1.29 is 14.4 Å². The van der Waals surface area contributed by atoms with E-state index in [1.165, 1.54) is 17.0 Å². The zero-order chi connectivity index (χ0) is 19.7. The highest BCUT2D eigenvalue weighted by Crippen LogP contribution is 2.28. The Morgan fingerprint density at radius 3 is 2.37 bits per heavy atom. The molecule has 0 unspecified atom stereocenters. The van der Waals surface area contributed by atoms with Gasteiger partial charge in [-0.1, -0.05) is 37.0 Å². The van der Waals surface area contributed by atoms with Crippen molar-refractivity contribution in [3.05, 3.63) is 57.6 Å². The first kappa shape index (κ1) is 19.2. The number of amides is 4. The number of halogens is 2. The van der Waals surface area contributed by atoms with Gasteiger partial charge in [0, 0.05) is 17.3 Å². The number of anilines is 2. The lowest BCUT2D eigenvalue weighted by molar-refractivity contribution is 0.0636. The molecule has 0 spiro atoms. The summed E-state index contributed by atoms with van der Waals surface area (Å²) in [5.41, 5.74) is 1.41. The van der Waals surface area contributed by atoms with Crippen LogP contribution < -0.4 is 10.6 Å². The molecule has 0 radical (unpaired) electrons. The molecule has 0 aliphatic carbocycles. The molecule has 0 saturated heterocycles. The largest absolute Gasteiger partial charge is 0.323 e. The number of hydrogen-bond donors (Lipinski definition) is 2. The first-order valence-electron chi connectivity index (χ1n) is 8.29. The molecule has 0 atom stereocenters. The van der Waals surface area contributed by atoms with Gasteiger partial charge < -0.3 is 10.6 Å². The fourth-order valence-electron chi connectivity index (χ4n) is 2.77. The van der Waals surface area contributed by atoms with Gasteiger partial charge in [0.15, 0.2) is 0 Å². The van der Waals surface area contributed by atoms with E-state index in [4.69, 9.17) is 23.2 Å². The number of hydrogen-bond acceptors (Lipinski definition) is 3. The van der Waals surface area contributed by atoms with Crippen LogP contribution in [0.5, 0.6) is 0 Å². The zero-order valence-electron chi connectivity index (χ0n) is 14.7. The second kappa shape index (κ2) is 7.58. The number of benzene rings is 2. The van der Waals surface area contributed by atoms with Crippen LogP contribution in [0.2, 0.25) is 10.0 Å². The third-order valence-corrected chi connectivity index (χ3v) is 4.50. The van der Waals surface area contributed by atoms with Gasteiger partial charge in [0.05, 0.1) is 21.8 Å². The fraction of sp³-hybridized carbons (Fsp3) is 0.211. The topological polar surface area (TPSA) is 78.5 Å². The molecule has 0 saturated carbocycles.